The lowest BCUT2D eigenvalue weighted by molar-refractivity contribution is -0.132. The minimum atomic E-state index is 0.168. The molecule has 6 nitrogen and oxygen atoms in total. The lowest BCUT2D eigenvalue weighted by atomic mass is 10.1. The molecule has 1 aromatic heterocycles. The van der Waals surface area contributed by atoms with Gasteiger partial charge in [-0.1, -0.05) is 23.7 Å². The van der Waals surface area contributed by atoms with Gasteiger partial charge in [-0.05, 0) is 17.7 Å². The molecule has 0 saturated carbocycles. The number of nitrogens with zero attached hydrogens (tertiary/aromatic N) is 4. The number of rotatable bonds is 5. The Kier molecular flexibility index (Phi) is 5.37. The van der Waals surface area contributed by atoms with Crippen molar-refractivity contribution in [3.8, 4) is 5.75 Å². The van der Waals surface area contributed by atoms with E-state index >= 15 is 0 Å². The molecule has 1 saturated heterocycles. The van der Waals surface area contributed by atoms with Gasteiger partial charge in [0, 0.05) is 32.4 Å². The summed E-state index contributed by atoms with van der Waals surface area (Å²) in [4.78, 5) is 16.6. The summed E-state index contributed by atoms with van der Waals surface area (Å²) in [7, 11) is 1.64. The van der Waals surface area contributed by atoms with Crippen LogP contribution in [0.5, 0.6) is 5.75 Å². The molecule has 128 valence electrons. The van der Waals surface area contributed by atoms with E-state index in [-0.39, 0.29) is 5.91 Å². The lowest BCUT2D eigenvalue weighted by Crippen LogP contribution is -2.49. The SMILES string of the molecule is COc1ccc(CC(=O)N2CCN(Cn3cc(Cl)cn3)CC2)cc1. The van der Waals surface area contributed by atoms with Gasteiger partial charge in [-0.25, -0.2) is 0 Å². The highest BCUT2D eigenvalue weighted by Crippen LogP contribution is 2.13. The van der Waals surface area contributed by atoms with E-state index in [2.05, 4.69) is 10.00 Å². The lowest BCUT2D eigenvalue weighted by Gasteiger charge is -2.34. The summed E-state index contributed by atoms with van der Waals surface area (Å²) in [6, 6.07) is 7.65. The third kappa shape index (κ3) is 4.27. The number of benzene rings is 1. The first-order valence-electron chi connectivity index (χ1n) is 7.95. The average molecular weight is 349 g/mol. The molecule has 0 N–H and O–H groups in total. The van der Waals surface area contributed by atoms with Crippen LogP contribution in [0.25, 0.3) is 0 Å². The zero-order valence-electron chi connectivity index (χ0n) is 13.7. The van der Waals surface area contributed by atoms with E-state index in [1.54, 1.807) is 13.3 Å². The molecule has 1 aliphatic heterocycles. The van der Waals surface area contributed by atoms with Gasteiger partial charge in [0.05, 0.1) is 31.4 Å². The summed E-state index contributed by atoms with van der Waals surface area (Å²) in [6.07, 6.45) is 3.87. The molecular formula is C17H21ClN4O2. The molecule has 1 aromatic carbocycles. The second-order valence-corrected chi connectivity index (χ2v) is 6.30. The quantitative estimate of drug-likeness (QED) is 0.828. The van der Waals surface area contributed by atoms with Crippen LogP contribution in [0.1, 0.15) is 5.56 Å². The average Bonchev–Trinajstić information content (AvgIpc) is 3.01. The molecule has 7 heteroatoms. The maximum absolute atomic E-state index is 12.4. The minimum Gasteiger partial charge on any atom is -0.497 e. The van der Waals surface area contributed by atoms with Gasteiger partial charge < -0.3 is 9.64 Å². The first-order chi connectivity index (χ1) is 11.6. The maximum atomic E-state index is 12.4. The van der Waals surface area contributed by atoms with Crippen LogP contribution < -0.4 is 4.74 Å². The van der Waals surface area contributed by atoms with Crippen molar-refractivity contribution in [2.75, 3.05) is 33.3 Å². The Labute approximate surface area is 146 Å². The third-order valence-corrected chi connectivity index (χ3v) is 4.38. The van der Waals surface area contributed by atoms with E-state index in [0.29, 0.717) is 18.1 Å². The molecule has 0 bridgehead atoms. The Morgan fingerprint density at radius 3 is 2.50 bits per heavy atom. The van der Waals surface area contributed by atoms with Crippen molar-refractivity contribution in [2.45, 2.75) is 13.1 Å². The first kappa shape index (κ1) is 16.8. The summed E-state index contributed by atoms with van der Waals surface area (Å²) in [5, 5.41) is 4.83. The van der Waals surface area contributed by atoms with Gasteiger partial charge in [0.1, 0.15) is 5.75 Å². The monoisotopic (exact) mass is 348 g/mol. The molecule has 0 spiro atoms. The van der Waals surface area contributed by atoms with Crippen molar-refractivity contribution < 1.29 is 9.53 Å². The van der Waals surface area contributed by atoms with Gasteiger partial charge in [-0.2, -0.15) is 5.10 Å². The first-order valence-corrected chi connectivity index (χ1v) is 8.33. The predicted molar refractivity (Wildman–Crippen MR) is 92.1 cm³/mol. The molecule has 0 aliphatic carbocycles. The zero-order chi connectivity index (χ0) is 16.9. The largest absolute Gasteiger partial charge is 0.497 e. The smallest absolute Gasteiger partial charge is 0.227 e. The molecule has 0 atom stereocenters. The van der Waals surface area contributed by atoms with Crippen LogP contribution in [-0.2, 0) is 17.9 Å². The molecule has 24 heavy (non-hydrogen) atoms. The molecule has 0 unspecified atom stereocenters. The molecule has 0 radical (unpaired) electrons. The molecule has 2 heterocycles. The van der Waals surface area contributed by atoms with Crippen LogP contribution in [0.4, 0.5) is 0 Å². The van der Waals surface area contributed by atoms with Crippen molar-refractivity contribution >= 4 is 17.5 Å². The second-order valence-electron chi connectivity index (χ2n) is 5.86. The summed E-state index contributed by atoms with van der Waals surface area (Å²) in [6.45, 7) is 3.86. The number of carbonyl (C=O) groups is 1. The van der Waals surface area contributed by atoms with Crippen molar-refractivity contribution in [1.29, 1.82) is 0 Å². The molecular weight excluding hydrogens is 328 g/mol. The summed E-state index contributed by atoms with van der Waals surface area (Å²) < 4.78 is 6.95. The number of halogens is 1. The molecule has 1 amide bonds. The van der Waals surface area contributed by atoms with E-state index in [4.69, 9.17) is 16.3 Å². The highest BCUT2D eigenvalue weighted by atomic mass is 35.5. The number of hydrogen-bond acceptors (Lipinski definition) is 4. The molecule has 1 aliphatic rings. The Morgan fingerprint density at radius 1 is 1.21 bits per heavy atom. The fourth-order valence-electron chi connectivity index (χ4n) is 2.79. The second kappa shape index (κ2) is 7.68. The van der Waals surface area contributed by atoms with Crippen LogP contribution in [0.2, 0.25) is 5.02 Å². The number of aromatic nitrogens is 2. The summed E-state index contributed by atoms with van der Waals surface area (Å²) in [5.74, 6) is 0.973. The Hall–Kier alpha value is -2.05. The maximum Gasteiger partial charge on any atom is 0.227 e. The van der Waals surface area contributed by atoms with Gasteiger partial charge in [0.15, 0.2) is 0 Å². The van der Waals surface area contributed by atoms with Crippen molar-refractivity contribution in [3.63, 3.8) is 0 Å². The van der Waals surface area contributed by atoms with Gasteiger partial charge in [-0.3, -0.25) is 14.4 Å². The van der Waals surface area contributed by atoms with Gasteiger partial charge in [-0.15, -0.1) is 0 Å². The minimum absolute atomic E-state index is 0.168. The molecule has 2 aromatic rings. The number of hydrogen-bond donors (Lipinski definition) is 0. The standard InChI is InChI=1S/C17H21ClN4O2/c1-24-16-4-2-14(3-5-16)10-17(23)21-8-6-20(7-9-21)13-22-12-15(18)11-19-22/h2-5,11-12H,6-10,13H2,1H3. The van der Waals surface area contributed by atoms with E-state index in [0.717, 1.165) is 37.5 Å². The van der Waals surface area contributed by atoms with Crippen molar-refractivity contribution in [2.24, 2.45) is 0 Å². The number of amides is 1. The van der Waals surface area contributed by atoms with Crippen LogP contribution >= 0.6 is 11.6 Å². The molecule has 1 fully saturated rings. The van der Waals surface area contributed by atoms with Crippen LogP contribution in [-0.4, -0.2) is 58.8 Å². The van der Waals surface area contributed by atoms with Crippen molar-refractivity contribution in [1.82, 2.24) is 19.6 Å². The van der Waals surface area contributed by atoms with Gasteiger partial charge in [0.25, 0.3) is 0 Å². The topological polar surface area (TPSA) is 50.6 Å². The van der Waals surface area contributed by atoms with E-state index in [9.17, 15) is 4.79 Å². The number of piperazine rings is 1. The highest BCUT2D eigenvalue weighted by molar-refractivity contribution is 6.30. The van der Waals surface area contributed by atoms with Gasteiger partial charge >= 0.3 is 0 Å². The van der Waals surface area contributed by atoms with Crippen LogP contribution in [0, 0.1) is 0 Å². The zero-order valence-corrected chi connectivity index (χ0v) is 14.4. The fraction of sp³-hybridized carbons (Fsp3) is 0.412. The van der Waals surface area contributed by atoms with Crippen molar-refractivity contribution in [3.05, 3.63) is 47.2 Å². The normalized spacial score (nSPS) is 15.5. The summed E-state index contributed by atoms with van der Waals surface area (Å²) >= 11 is 5.88. The predicted octanol–water partition coefficient (Wildman–Crippen LogP) is 1.89. The Morgan fingerprint density at radius 2 is 1.92 bits per heavy atom. The number of carbonyl (C=O) groups excluding carboxylic acids is 1. The Bertz CT molecular complexity index is 678. The summed E-state index contributed by atoms with van der Waals surface area (Å²) in [5.41, 5.74) is 1.01. The number of ether oxygens (including phenoxy) is 1. The fourth-order valence-corrected chi connectivity index (χ4v) is 2.95. The van der Waals surface area contributed by atoms with Gasteiger partial charge in [0.2, 0.25) is 5.91 Å². The third-order valence-electron chi connectivity index (χ3n) is 4.19. The number of methoxy groups -OCH3 is 1. The molecule has 3 rings (SSSR count). The van der Waals surface area contributed by atoms with Crippen LogP contribution in [0.3, 0.4) is 0 Å². The van der Waals surface area contributed by atoms with E-state index in [1.807, 2.05) is 40.0 Å². The highest BCUT2D eigenvalue weighted by Gasteiger charge is 2.21. The van der Waals surface area contributed by atoms with E-state index in [1.165, 1.54) is 0 Å². The van der Waals surface area contributed by atoms with E-state index < -0.39 is 0 Å². The Balaban J connectivity index is 1.47. The van der Waals surface area contributed by atoms with Crippen LogP contribution in [0.15, 0.2) is 36.7 Å².